The molecule has 4 nitrogen and oxygen atoms in total. The molecule has 0 radical (unpaired) electrons. The zero-order valence-corrected chi connectivity index (χ0v) is 11.6. The van der Waals surface area contributed by atoms with Crippen LogP contribution < -0.4 is 4.74 Å². The minimum absolute atomic E-state index is 0.0305. The maximum atomic E-state index is 11.7. The van der Waals surface area contributed by atoms with Crippen molar-refractivity contribution in [1.82, 2.24) is 0 Å². The first kappa shape index (κ1) is 15.2. The van der Waals surface area contributed by atoms with Gasteiger partial charge in [0.15, 0.2) is 0 Å². The zero-order valence-electron chi connectivity index (χ0n) is 11.6. The van der Waals surface area contributed by atoms with Crippen LogP contribution in [0.15, 0.2) is 24.3 Å². The number of carbonyl (C=O) groups is 2. The van der Waals surface area contributed by atoms with Crippen molar-refractivity contribution in [2.24, 2.45) is 0 Å². The van der Waals surface area contributed by atoms with Crippen LogP contribution in [0.4, 0.5) is 0 Å². The Morgan fingerprint density at radius 1 is 1.11 bits per heavy atom. The smallest absolute Gasteiger partial charge is 0.305 e. The average molecular weight is 264 g/mol. The quantitative estimate of drug-likeness (QED) is 0.710. The van der Waals surface area contributed by atoms with Crippen molar-refractivity contribution in [1.29, 1.82) is 0 Å². The van der Waals surface area contributed by atoms with Crippen LogP contribution in [0.25, 0.3) is 0 Å². The van der Waals surface area contributed by atoms with Crippen LogP contribution in [0.3, 0.4) is 0 Å². The SMILES string of the molecule is COC(=O)CCC(=O)Cc1ccc(OC(C)C)cc1. The molecule has 0 saturated heterocycles. The first-order valence-electron chi connectivity index (χ1n) is 6.35. The van der Waals surface area contributed by atoms with Crippen molar-refractivity contribution in [2.75, 3.05) is 7.11 Å². The van der Waals surface area contributed by atoms with E-state index in [1.54, 1.807) is 0 Å². The summed E-state index contributed by atoms with van der Waals surface area (Å²) in [4.78, 5) is 22.6. The molecule has 0 bridgehead atoms. The maximum Gasteiger partial charge on any atom is 0.305 e. The van der Waals surface area contributed by atoms with Crippen LogP contribution in [0.2, 0.25) is 0 Å². The number of Topliss-reactive ketones (excluding diaryl/α,β-unsaturated/α-hetero) is 1. The highest BCUT2D eigenvalue weighted by atomic mass is 16.5. The highest BCUT2D eigenvalue weighted by molar-refractivity contribution is 5.84. The average Bonchev–Trinajstić information content (AvgIpc) is 2.37. The Morgan fingerprint density at radius 3 is 2.26 bits per heavy atom. The molecule has 1 rings (SSSR count). The summed E-state index contributed by atoms with van der Waals surface area (Å²) in [6.07, 6.45) is 0.826. The van der Waals surface area contributed by atoms with Crippen molar-refractivity contribution in [3.8, 4) is 5.75 Å². The Hall–Kier alpha value is -1.84. The molecular formula is C15H20O4. The molecule has 1 aromatic rings. The lowest BCUT2D eigenvalue weighted by Gasteiger charge is -2.09. The zero-order chi connectivity index (χ0) is 14.3. The molecule has 1 aromatic carbocycles. The molecule has 0 aliphatic heterocycles. The predicted octanol–water partition coefficient (Wildman–Crippen LogP) is 2.54. The van der Waals surface area contributed by atoms with Crippen molar-refractivity contribution in [3.63, 3.8) is 0 Å². The van der Waals surface area contributed by atoms with Gasteiger partial charge in [-0.1, -0.05) is 12.1 Å². The lowest BCUT2D eigenvalue weighted by molar-refractivity contribution is -0.141. The molecule has 0 saturated carbocycles. The molecule has 0 spiro atoms. The summed E-state index contributed by atoms with van der Waals surface area (Å²) >= 11 is 0. The maximum absolute atomic E-state index is 11.7. The van der Waals surface area contributed by atoms with Gasteiger partial charge in [0, 0.05) is 12.8 Å². The summed E-state index contributed by atoms with van der Waals surface area (Å²) in [6, 6.07) is 7.44. The number of esters is 1. The first-order chi connectivity index (χ1) is 9.01. The van der Waals surface area contributed by atoms with Gasteiger partial charge in [0.2, 0.25) is 0 Å². The van der Waals surface area contributed by atoms with Gasteiger partial charge in [0.25, 0.3) is 0 Å². The highest BCUT2D eigenvalue weighted by Gasteiger charge is 2.08. The van der Waals surface area contributed by atoms with Crippen molar-refractivity contribution in [3.05, 3.63) is 29.8 Å². The van der Waals surface area contributed by atoms with Crippen LogP contribution in [-0.4, -0.2) is 25.0 Å². The fourth-order valence-electron chi connectivity index (χ4n) is 1.62. The number of rotatable bonds is 7. The Bertz CT molecular complexity index is 420. The van der Waals surface area contributed by atoms with Crippen LogP contribution in [0, 0.1) is 0 Å². The third-order valence-electron chi connectivity index (χ3n) is 2.53. The lowest BCUT2D eigenvalue weighted by atomic mass is 10.1. The number of hydrogen-bond donors (Lipinski definition) is 0. The number of carbonyl (C=O) groups excluding carboxylic acids is 2. The number of benzene rings is 1. The van der Waals surface area contributed by atoms with E-state index in [1.165, 1.54) is 7.11 Å². The van der Waals surface area contributed by atoms with Crippen molar-refractivity contribution < 1.29 is 19.1 Å². The van der Waals surface area contributed by atoms with Gasteiger partial charge in [0.1, 0.15) is 11.5 Å². The van der Waals surface area contributed by atoms with E-state index in [1.807, 2.05) is 38.1 Å². The second kappa shape index (κ2) is 7.56. The number of hydrogen-bond acceptors (Lipinski definition) is 4. The Morgan fingerprint density at radius 2 is 1.74 bits per heavy atom. The normalized spacial score (nSPS) is 10.3. The van der Waals surface area contributed by atoms with Gasteiger partial charge in [0.05, 0.1) is 19.6 Å². The topological polar surface area (TPSA) is 52.6 Å². The Labute approximate surface area is 113 Å². The lowest BCUT2D eigenvalue weighted by Crippen LogP contribution is -2.08. The minimum atomic E-state index is -0.353. The molecule has 4 heteroatoms. The van der Waals surface area contributed by atoms with Crippen LogP contribution in [0.1, 0.15) is 32.3 Å². The summed E-state index contributed by atoms with van der Waals surface area (Å²) in [5.41, 5.74) is 0.922. The fraction of sp³-hybridized carbons (Fsp3) is 0.467. The molecule has 0 aliphatic rings. The molecule has 0 unspecified atom stereocenters. The fourth-order valence-corrected chi connectivity index (χ4v) is 1.62. The minimum Gasteiger partial charge on any atom is -0.491 e. The molecule has 0 fully saturated rings. The van der Waals surface area contributed by atoms with E-state index in [4.69, 9.17) is 4.74 Å². The molecular weight excluding hydrogens is 244 g/mol. The molecule has 19 heavy (non-hydrogen) atoms. The van der Waals surface area contributed by atoms with E-state index in [0.717, 1.165) is 11.3 Å². The summed E-state index contributed by atoms with van der Waals surface area (Å²) in [6.45, 7) is 3.93. The monoisotopic (exact) mass is 264 g/mol. The van der Waals surface area contributed by atoms with Gasteiger partial charge in [-0.25, -0.2) is 0 Å². The third kappa shape index (κ3) is 6.04. The van der Waals surface area contributed by atoms with E-state index in [9.17, 15) is 9.59 Å². The van der Waals surface area contributed by atoms with Gasteiger partial charge in [-0.15, -0.1) is 0 Å². The van der Waals surface area contributed by atoms with E-state index in [0.29, 0.717) is 6.42 Å². The summed E-state index contributed by atoms with van der Waals surface area (Å²) in [7, 11) is 1.32. The van der Waals surface area contributed by atoms with Crippen molar-refractivity contribution >= 4 is 11.8 Å². The van der Waals surface area contributed by atoms with Gasteiger partial charge < -0.3 is 9.47 Å². The molecule has 0 N–H and O–H groups in total. The summed E-state index contributed by atoms with van der Waals surface area (Å²) < 4.78 is 10.0. The van der Waals surface area contributed by atoms with E-state index in [2.05, 4.69) is 4.74 Å². The van der Waals surface area contributed by atoms with Crippen LogP contribution in [-0.2, 0) is 20.7 Å². The van der Waals surface area contributed by atoms with Gasteiger partial charge in [-0.2, -0.15) is 0 Å². The molecule has 0 aromatic heterocycles. The molecule has 0 aliphatic carbocycles. The highest BCUT2D eigenvalue weighted by Crippen LogP contribution is 2.14. The number of ketones is 1. The van der Waals surface area contributed by atoms with Crippen LogP contribution >= 0.6 is 0 Å². The summed E-state index contributed by atoms with van der Waals surface area (Å²) in [5.74, 6) is 0.470. The number of methoxy groups -OCH3 is 1. The summed E-state index contributed by atoms with van der Waals surface area (Å²) in [5, 5.41) is 0. The Balaban J connectivity index is 2.44. The van der Waals surface area contributed by atoms with Gasteiger partial charge in [-0.3, -0.25) is 9.59 Å². The third-order valence-corrected chi connectivity index (χ3v) is 2.53. The molecule has 0 heterocycles. The number of ether oxygens (including phenoxy) is 2. The second-order valence-corrected chi connectivity index (χ2v) is 4.60. The van der Waals surface area contributed by atoms with E-state index < -0.39 is 0 Å². The molecule has 0 atom stereocenters. The second-order valence-electron chi connectivity index (χ2n) is 4.60. The van der Waals surface area contributed by atoms with Gasteiger partial charge >= 0.3 is 5.97 Å². The van der Waals surface area contributed by atoms with Gasteiger partial charge in [-0.05, 0) is 31.5 Å². The largest absolute Gasteiger partial charge is 0.491 e. The Kier molecular flexibility index (Phi) is 6.06. The predicted molar refractivity (Wildman–Crippen MR) is 72.2 cm³/mol. The van der Waals surface area contributed by atoms with Crippen LogP contribution in [0.5, 0.6) is 5.75 Å². The molecule has 0 amide bonds. The molecule has 104 valence electrons. The van der Waals surface area contributed by atoms with E-state index >= 15 is 0 Å². The van der Waals surface area contributed by atoms with E-state index in [-0.39, 0.29) is 30.7 Å². The first-order valence-corrected chi connectivity index (χ1v) is 6.35. The van der Waals surface area contributed by atoms with Crippen molar-refractivity contribution in [2.45, 2.75) is 39.2 Å². The standard InChI is InChI=1S/C15H20O4/c1-11(2)19-14-7-4-12(5-8-14)10-13(16)6-9-15(17)18-3/h4-5,7-8,11H,6,9-10H2,1-3H3.